The summed E-state index contributed by atoms with van der Waals surface area (Å²) in [7, 11) is 0. The zero-order chi connectivity index (χ0) is 14.0. The SMILES string of the molecule is CCOC(=O)c1cc(N2C(=O)C=CC2=O)ccc1Cl. The van der Waals surface area contributed by atoms with Crippen LogP contribution in [0.25, 0.3) is 0 Å². The number of carbonyl (C=O) groups is 3. The van der Waals surface area contributed by atoms with Gasteiger partial charge in [-0.1, -0.05) is 11.6 Å². The van der Waals surface area contributed by atoms with Crippen LogP contribution in [-0.4, -0.2) is 24.4 Å². The Labute approximate surface area is 114 Å². The Hall–Kier alpha value is -2.14. The second-order valence-electron chi connectivity index (χ2n) is 3.73. The lowest BCUT2D eigenvalue weighted by atomic mass is 10.2. The van der Waals surface area contributed by atoms with Crippen LogP contribution in [0.3, 0.4) is 0 Å². The van der Waals surface area contributed by atoms with Crippen LogP contribution < -0.4 is 4.90 Å². The van der Waals surface area contributed by atoms with Gasteiger partial charge in [-0.15, -0.1) is 0 Å². The van der Waals surface area contributed by atoms with E-state index in [0.717, 1.165) is 4.90 Å². The summed E-state index contributed by atoms with van der Waals surface area (Å²) >= 11 is 5.90. The van der Waals surface area contributed by atoms with Crippen molar-refractivity contribution in [2.24, 2.45) is 0 Å². The molecule has 0 fully saturated rings. The molecule has 0 spiro atoms. The van der Waals surface area contributed by atoms with Crippen molar-refractivity contribution in [2.45, 2.75) is 6.92 Å². The van der Waals surface area contributed by atoms with Gasteiger partial charge in [-0.2, -0.15) is 0 Å². The summed E-state index contributed by atoms with van der Waals surface area (Å²) in [5.74, 6) is -1.51. The Balaban J connectivity index is 2.39. The standard InChI is InChI=1S/C13H10ClNO4/c1-2-19-13(18)9-7-8(3-4-10(9)14)15-11(16)5-6-12(15)17/h3-7H,2H2,1H3. The molecular weight excluding hydrogens is 270 g/mol. The maximum absolute atomic E-state index is 11.7. The van der Waals surface area contributed by atoms with Crippen LogP contribution in [0.2, 0.25) is 5.02 Å². The van der Waals surface area contributed by atoms with E-state index in [2.05, 4.69) is 0 Å². The summed E-state index contributed by atoms with van der Waals surface area (Å²) in [5, 5.41) is 0.203. The predicted molar refractivity (Wildman–Crippen MR) is 69.0 cm³/mol. The average molecular weight is 280 g/mol. The zero-order valence-corrected chi connectivity index (χ0v) is 10.8. The van der Waals surface area contributed by atoms with E-state index in [9.17, 15) is 14.4 Å². The van der Waals surface area contributed by atoms with Crippen LogP contribution in [0.5, 0.6) is 0 Å². The van der Waals surface area contributed by atoms with Gasteiger partial charge in [-0.3, -0.25) is 9.59 Å². The van der Waals surface area contributed by atoms with E-state index in [4.69, 9.17) is 16.3 Å². The number of imide groups is 1. The summed E-state index contributed by atoms with van der Waals surface area (Å²) < 4.78 is 4.85. The molecule has 0 radical (unpaired) electrons. The van der Waals surface area contributed by atoms with Crippen molar-refractivity contribution in [1.82, 2.24) is 0 Å². The molecule has 5 nitrogen and oxygen atoms in total. The fourth-order valence-electron chi connectivity index (χ4n) is 1.67. The molecule has 0 atom stereocenters. The van der Waals surface area contributed by atoms with Gasteiger partial charge >= 0.3 is 5.97 Å². The van der Waals surface area contributed by atoms with E-state index in [-0.39, 0.29) is 22.9 Å². The number of rotatable bonds is 3. The summed E-state index contributed by atoms with van der Waals surface area (Å²) in [6.07, 6.45) is 2.34. The Morgan fingerprint density at radius 3 is 2.47 bits per heavy atom. The summed E-state index contributed by atoms with van der Waals surface area (Å²) in [4.78, 5) is 35.7. The highest BCUT2D eigenvalue weighted by Crippen LogP contribution is 2.26. The minimum atomic E-state index is -0.596. The van der Waals surface area contributed by atoms with Gasteiger partial charge in [0.15, 0.2) is 0 Å². The second kappa shape index (κ2) is 5.24. The summed E-state index contributed by atoms with van der Waals surface area (Å²) in [6, 6.07) is 4.30. The Bertz CT molecular complexity index is 576. The Morgan fingerprint density at radius 1 is 1.26 bits per heavy atom. The van der Waals surface area contributed by atoms with Gasteiger partial charge in [-0.05, 0) is 25.1 Å². The molecule has 0 saturated heterocycles. The van der Waals surface area contributed by atoms with Gasteiger partial charge in [0.1, 0.15) is 0 Å². The van der Waals surface area contributed by atoms with Crippen molar-refractivity contribution in [3.8, 4) is 0 Å². The molecule has 0 bridgehead atoms. The van der Waals surface area contributed by atoms with Crippen LogP contribution in [0.15, 0.2) is 30.4 Å². The number of esters is 1. The molecule has 2 rings (SSSR count). The Kier molecular flexibility index (Phi) is 3.66. The highest BCUT2D eigenvalue weighted by atomic mass is 35.5. The van der Waals surface area contributed by atoms with Gasteiger partial charge in [0.2, 0.25) is 0 Å². The number of anilines is 1. The van der Waals surface area contributed by atoms with E-state index in [1.54, 1.807) is 6.92 Å². The minimum Gasteiger partial charge on any atom is -0.462 e. The molecule has 0 aromatic heterocycles. The van der Waals surface area contributed by atoms with E-state index in [1.165, 1.54) is 30.4 Å². The maximum atomic E-state index is 11.7. The fourth-order valence-corrected chi connectivity index (χ4v) is 1.87. The number of carbonyl (C=O) groups excluding carboxylic acids is 3. The monoisotopic (exact) mass is 279 g/mol. The number of nitrogens with zero attached hydrogens (tertiary/aromatic N) is 1. The first-order valence-electron chi connectivity index (χ1n) is 5.57. The van der Waals surface area contributed by atoms with Gasteiger partial charge < -0.3 is 4.74 Å². The van der Waals surface area contributed by atoms with Crippen LogP contribution in [0.1, 0.15) is 17.3 Å². The first-order chi connectivity index (χ1) is 9.04. The quantitative estimate of drug-likeness (QED) is 0.627. The van der Waals surface area contributed by atoms with Crippen molar-refractivity contribution >= 4 is 35.1 Å². The van der Waals surface area contributed by atoms with E-state index < -0.39 is 17.8 Å². The molecule has 6 heteroatoms. The third kappa shape index (κ3) is 2.51. The summed E-state index contributed by atoms with van der Waals surface area (Å²) in [6.45, 7) is 1.88. The van der Waals surface area contributed by atoms with Gasteiger partial charge in [0, 0.05) is 12.2 Å². The molecule has 1 aromatic carbocycles. The van der Waals surface area contributed by atoms with Crippen LogP contribution in [0.4, 0.5) is 5.69 Å². The molecule has 1 aromatic rings. The lowest BCUT2D eigenvalue weighted by Gasteiger charge is -2.15. The van der Waals surface area contributed by atoms with E-state index in [0.29, 0.717) is 0 Å². The molecule has 0 unspecified atom stereocenters. The van der Waals surface area contributed by atoms with Crippen molar-refractivity contribution in [3.63, 3.8) is 0 Å². The molecule has 0 aliphatic carbocycles. The molecule has 1 aliphatic rings. The second-order valence-corrected chi connectivity index (χ2v) is 4.14. The number of amides is 2. The largest absolute Gasteiger partial charge is 0.462 e. The van der Waals surface area contributed by atoms with Crippen LogP contribution in [-0.2, 0) is 14.3 Å². The smallest absolute Gasteiger partial charge is 0.339 e. The predicted octanol–water partition coefficient (Wildman–Crippen LogP) is 1.95. The van der Waals surface area contributed by atoms with Crippen LogP contribution in [0, 0.1) is 0 Å². The third-order valence-electron chi connectivity index (χ3n) is 2.51. The summed E-state index contributed by atoms with van der Waals surface area (Å²) in [5.41, 5.74) is 0.404. The maximum Gasteiger partial charge on any atom is 0.339 e. The van der Waals surface area contributed by atoms with Crippen LogP contribution >= 0.6 is 11.6 Å². The topological polar surface area (TPSA) is 63.7 Å². The number of ether oxygens (including phenoxy) is 1. The first-order valence-corrected chi connectivity index (χ1v) is 5.95. The van der Waals surface area contributed by atoms with Crippen molar-refractivity contribution in [2.75, 3.05) is 11.5 Å². The molecule has 1 heterocycles. The minimum absolute atomic E-state index is 0.119. The molecule has 1 aliphatic heterocycles. The lowest BCUT2D eigenvalue weighted by Crippen LogP contribution is -2.29. The van der Waals surface area contributed by atoms with E-state index in [1.807, 2.05) is 0 Å². The third-order valence-corrected chi connectivity index (χ3v) is 2.84. The average Bonchev–Trinajstić information content (AvgIpc) is 2.70. The Morgan fingerprint density at radius 2 is 1.89 bits per heavy atom. The van der Waals surface area contributed by atoms with Gasteiger partial charge in [0.05, 0.1) is 22.9 Å². The fraction of sp³-hybridized carbons (Fsp3) is 0.154. The molecule has 0 saturated carbocycles. The highest BCUT2D eigenvalue weighted by molar-refractivity contribution is 6.34. The first kappa shape index (κ1) is 13.3. The normalized spacial score (nSPS) is 14.1. The van der Waals surface area contributed by atoms with Gasteiger partial charge in [-0.25, -0.2) is 9.69 Å². The zero-order valence-electron chi connectivity index (χ0n) is 10.1. The lowest BCUT2D eigenvalue weighted by molar-refractivity contribution is -0.119. The molecular formula is C13H10ClNO4. The molecule has 0 N–H and O–H groups in total. The van der Waals surface area contributed by atoms with Gasteiger partial charge in [0.25, 0.3) is 11.8 Å². The van der Waals surface area contributed by atoms with Crippen molar-refractivity contribution < 1.29 is 19.1 Å². The number of halogens is 1. The number of hydrogen-bond donors (Lipinski definition) is 0. The van der Waals surface area contributed by atoms with Crippen molar-refractivity contribution in [1.29, 1.82) is 0 Å². The van der Waals surface area contributed by atoms with E-state index >= 15 is 0 Å². The molecule has 19 heavy (non-hydrogen) atoms. The molecule has 2 amide bonds. The van der Waals surface area contributed by atoms with Crippen molar-refractivity contribution in [3.05, 3.63) is 40.9 Å². The number of hydrogen-bond acceptors (Lipinski definition) is 4. The molecule has 98 valence electrons. The number of benzene rings is 1. The highest BCUT2D eigenvalue weighted by Gasteiger charge is 2.26.